The van der Waals surface area contributed by atoms with Gasteiger partial charge in [-0.15, -0.1) is 0 Å². The average molecular weight is 416 g/mol. The normalized spacial score (nSPS) is 18.2. The van der Waals surface area contributed by atoms with Gasteiger partial charge in [0.2, 0.25) is 5.91 Å². The second kappa shape index (κ2) is 7.91. The van der Waals surface area contributed by atoms with Gasteiger partial charge in [0, 0.05) is 43.2 Å². The van der Waals surface area contributed by atoms with Crippen LogP contribution in [0.1, 0.15) is 18.4 Å². The first-order valence-corrected chi connectivity index (χ1v) is 9.49. The van der Waals surface area contributed by atoms with Crippen molar-refractivity contribution in [1.29, 1.82) is 0 Å². The summed E-state index contributed by atoms with van der Waals surface area (Å²) in [5, 5.41) is 5.43. The molecule has 0 aromatic heterocycles. The van der Waals surface area contributed by atoms with E-state index in [0.717, 1.165) is 12.1 Å². The maximum absolute atomic E-state index is 13.5. The standard InChI is InChI=1S/C21H19F3N4O2/c22-14-3-1-2-13(10-14)19-20(30)27-21(26-19)6-8-28(9-7-21)12-18(29)25-15-4-5-16(23)17(24)11-15/h1-5,10-11H,6-9,12H2,(H,25,29)(H,27,30). The topological polar surface area (TPSA) is 73.8 Å². The highest BCUT2D eigenvalue weighted by atomic mass is 19.2. The first kappa shape index (κ1) is 20.1. The first-order valence-electron chi connectivity index (χ1n) is 9.49. The third-order valence-electron chi connectivity index (χ3n) is 5.24. The second-order valence-corrected chi connectivity index (χ2v) is 7.41. The molecule has 2 amide bonds. The minimum Gasteiger partial charge on any atom is -0.326 e. The highest BCUT2D eigenvalue weighted by Crippen LogP contribution is 2.29. The molecule has 0 radical (unpaired) electrons. The number of likely N-dealkylation sites (tertiary alicyclic amines) is 1. The fourth-order valence-electron chi connectivity index (χ4n) is 3.69. The van der Waals surface area contributed by atoms with Crippen molar-refractivity contribution < 1.29 is 22.8 Å². The maximum atomic E-state index is 13.5. The molecule has 4 rings (SSSR count). The van der Waals surface area contributed by atoms with Gasteiger partial charge in [0.25, 0.3) is 5.91 Å². The van der Waals surface area contributed by atoms with Crippen molar-refractivity contribution in [2.45, 2.75) is 18.5 Å². The van der Waals surface area contributed by atoms with Crippen molar-refractivity contribution in [3.05, 3.63) is 65.5 Å². The Bertz CT molecular complexity index is 1030. The van der Waals surface area contributed by atoms with Crippen LogP contribution in [0.5, 0.6) is 0 Å². The molecule has 9 heteroatoms. The zero-order valence-electron chi connectivity index (χ0n) is 15.9. The summed E-state index contributed by atoms with van der Waals surface area (Å²) in [6.07, 6.45) is 0.992. The number of carbonyl (C=O) groups excluding carboxylic acids is 2. The molecule has 2 heterocycles. The number of anilines is 1. The number of benzene rings is 2. The van der Waals surface area contributed by atoms with Crippen LogP contribution >= 0.6 is 0 Å². The number of amides is 2. The highest BCUT2D eigenvalue weighted by molar-refractivity contribution is 6.46. The predicted molar refractivity (Wildman–Crippen MR) is 104 cm³/mol. The van der Waals surface area contributed by atoms with Crippen molar-refractivity contribution in [3.8, 4) is 0 Å². The summed E-state index contributed by atoms with van der Waals surface area (Å²) >= 11 is 0. The van der Waals surface area contributed by atoms with Crippen LogP contribution < -0.4 is 10.6 Å². The lowest BCUT2D eigenvalue weighted by Gasteiger charge is -2.36. The zero-order chi connectivity index (χ0) is 21.3. The minimum absolute atomic E-state index is 0.0729. The summed E-state index contributed by atoms with van der Waals surface area (Å²) in [7, 11) is 0. The van der Waals surface area contributed by atoms with Gasteiger partial charge in [0.15, 0.2) is 11.6 Å². The van der Waals surface area contributed by atoms with Crippen LogP contribution in [-0.4, -0.2) is 47.7 Å². The molecule has 6 nitrogen and oxygen atoms in total. The lowest BCUT2D eigenvalue weighted by molar-refractivity contribution is -0.119. The Morgan fingerprint density at radius 2 is 1.87 bits per heavy atom. The monoisotopic (exact) mass is 416 g/mol. The van der Waals surface area contributed by atoms with Crippen LogP contribution in [0.4, 0.5) is 18.9 Å². The molecule has 2 aromatic rings. The lowest BCUT2D eigenvalue weighted by Crippen LogP contribution is -2.52. The van der Waals surface area contributed by atoms with Gasteiger partial charge in [-0.25, -0.2) is 13.2 Å². The van der Waals surface area contributed by atoms with E-state index in [1.807, 2.05) is 4.90 Å². The largest absolute Gasteiger partial charge is 0.326 e. The Morgan fingerprint density at radius 3 is 2.57 bits per heavy atom. The third-order valence-corrected chi connectivity index (χ3v) is 5.24. The number of nitrogens with zero attached hydrogens (tertiary/aromatic N) is 2. The number of nitrogens with one attached hydrogen (secondary N) is 2. The van der Waals surface area contributed by atoms with Gasteiger partial charge in [-0.3, -0.25) is 19.5 Å². The smallest absolute Gasteiger partial charge is 0.272 e. The fourth-order valence-corrected chi connectivity index (χ4v) is 3.69. The van der Waals surface area contributed by atoms with Crippen LogP contribution in [0, 0.1) is 17.5 Å². The number of hydrogen-bond acceptors (Lipinski definition) is 4. The SMILES string of the molecule is O=C(CN1CCC2(CC1)N=C(c1cccc(F)c1)C(=O)N2)Nc1ccc(F)c(F)c1. The molecule has 0 unspecified atom stereocenters. The molecule has 0 saturated carbocycles. The molecule has 2 aromatic carbocycles. The van der Waals surface area contributed by atoms with Crippen LogP contribution in [0.25, 0.3) is 0 Å². The predicted octanol–water partition coefficient (Wildman–Crippen LogP) is 2.45. The van der Waals surface area contributed by atoms with Crippen LogP contribution in [0.3, 0.4) is 0 Å². The molecule has 1 saturated heterocycles. The van der Waals surface area contributed by atoms with Crippen molar-refractivity contribution in [2.75, 3.05) is 25.0 Å². The fraction of sp³-hybridized carbons (Fsp3) is 0.286. The summed E-state index contributed by atoms with van der Waals surface area (Å²) in [5.74, 6) is -3.14. The van der Waals surface area contributed by atoms with E-state index in [2.05, 4.69) is 15.6 Å². The van der Waals surface area contributed by atoms with Gasteiger partial charge >= 0.3 is 0 Å². The van der Waals surface area contributed by atoms with Gasteiger partial charge in [-0.05, 0) is 24.3 Å². The molecular weight excluding hydrogens is 397 g/mol. The molecule has 0 aliphatic carbocycles. The van der Waals surface area contributed by atoms with Gasteiger partial charge < -0.3 is 10.6 Å². The molecule has 2 N–H and O–H groups in total. The Morgan fingerprint density at radius 1 is 1.10 bits per heavy atom. The summed E-state index contributed by atoms with van der Waals surface area (Å²) in [6.45, 7) is 1.08. The van der Waals surface area contributed by atoms with E-state index in [1.54, 1.807) is 6.07 Å². The molecule has 0 bridgehead atoms. The first-order chi connectivity index (χ1) is 14.3. The summed E-state index contributed by atoms with van der Waals surface area (Å²) < 4.78 is 39.7. The molecule has 2 aliphatic rings. The van der Waals surface area contributed by atoms with Gasteiger partial charge in [0.1, 0.15) is 17.2 Å². The number of carbonyl (C=O) groups is 2. The Labute approximate surface area is 170 Å². The Balaban J connectivity index is 1.36. The van der Waals surface area contributed by atoms with E-state index in [0.29, 0.717) is 31.5 Å². The molecular formula is C21H19F3N4O2. The molecule has 2 aliphatic heterocycles. The molecule has 1 spiro atoms. The molecule has 1 fully saturated rings. The van der Waals surface area contributed by atoms with Crippen molar-refractivity contribution in [3.63, 3.8) is 0 Å². The van der Waals surface area contributed by atoms with E-state index >= 15 is 0 Å². The Kier molecular flexibility index (Phi) is 5.29. The van der Waals surface area contributed by atoms with Crippen LogP contribution in [0.2, 0.25) is 0 Å². The molecule has 0 atom stereocenters. The Hall–Kier alpha value is -3.20. The lowest BCUT2D eigenvalue weighted by atomic mass is 9.98. The number of hydrogen-bond donors (Lipinski definition) is 2. The second-order valence-electron chi connectivity index (χ2n) is 7.41. The summed E-state index contributed by atoms with van der Waals surface area (Å²) in [6, 6.07) is 8.91. The van der Waals surface area contributed by atoms with E-state index < -0.39 is 23.1 Å². The molecule has 30 heavy (non-hydrogen) atoms. The van der Waals surface area contributed by atoms with Crippen LogP contribution in [-0.2, 0) is 9.59 Å². The quantitative estimate of drug-likeness (QED) is 0.804. The average Bonchev–Trinajstić information content (AvgIpc) is 3.03. The number of rotatable bonds is 4. The minimum atomic E-state index is -1.03. The van der Waals surface area contributed by atoms with Crippen molar-refractivity contribution in [2.24, 2.45) is 4.99 Å². The van der Waals surface area contributed by atoms with E-state index in [1.165, 1.54) is 24.3 Å². The van der Waals surface area contributed by atoms with Gasteiger partial charge in [0.05, 0.1) is 6.54 Å². The van der Waals surface area contributed by atoms with Crippen molar-refractivity contribution >= 4 is 23.2 Å². The number of piperidine rings is 1. The maximum Gasteiger partial charge on any atom is 0.272 e. The summed E-state index contributed by atoms with van der Waals surface area (Å²) in [5.41, 5.74) is 0.0581. The van der Waals surface area contributed by atoms with Crippen molar-refractivity contribution in [1.82, 2.24) is 10.2 Å². The van der Waals surface area contributed by atoms with Crippen LogP contribution in [0.15, 0.2) is 47.5 Å². The third kappa shape index (κ3) is 4.20. The zero-order valence-corrected chi connectivity index (χ0v) is 15.9. The van der Waals surface area contributed by atoms with Gasteiger partial charge in [-0.2, -0.15) is 0 Å². The van der Waals surface area contributed by atoms with E-state index in [9.17, 15) is 22.8 Å². The number of halogens is 3. The van der Waals surface area contributed by atoms with Gasteiger partial charge in [-0.1, -0.05) is 12.1 Å². The van der Waals surface area contributed by atoms with E-state index in [-0.39, 0.29) is 29.8 Å². The summed E-state index contributed by atoms with van der Waals surface area (Å²) in [4.78, 5) is 31.0. The molecule has 156 valence electrons. The number of aliphatic imine (C=N–C) groups is 1. The van der Waals surface area contributed by atoms with E-state index in [4.69, 9.17) is 0 Å². The highest BCUT2D eigenvalue weighted by Gasteiger charge is 2.42.